The molecular formula is C24H32N2O5. The summed E-state index contributed by atoms with van der Waals surface area (Å²) in [6.07, 6.45) is 2.03. The molecular weight excluding hydrogens is 396 g/mol. The number of fused-ring (bicyclic) bond motifs is 1. The summed E-state index contributed by atoms with van der Waals surface area (Å²) in [5.41, 5.74) is 1.44. The lowest BCUT2D eigenvalue weighted by molar-refractivity contribution is -0.139. The van der Waals surface area contributed by atoms with Gasteiger partial charge in [0.05, 0.1) is 7.11 Å². The van der Waals surface area contributed by atoms with Crippen LogP contribution in [-0.2, 0) is 16.0 Å². The predicted octanol–water partition coefficient (Wildman–Crippen LogP) is 3.15. The Kier molecular flexibility index (Phi) is 7.36. The summed E-state index contributed by atoms with van der Waals surface area (Å²) in [6, 6.07) is 5.39. The normalized spacial score (nSPS) is 14.4. The van der Waals surface area contributed by atoms with Crippen molar-refractivity contribution in [3.8, 4) is 5.75 Å². The summed E-state index contributed by atoms with van der Waals surface area (Å²) >= 11 is 0. The minimum atomic E-state index is -0.411. The summed E-state index contributed by atoms with van der Waals surface area (Å²) in [4.78, 5) is 41.1. The number of ether oxygens (including phenoxy) is 1. The minimum absolute atomic E-state index is 0.00269. The lowest BCUT2D eigenvalue weighted by Crippen LogP contribution is -2.50. The van der Waals surface area contributed by atoms with Gasteiger partial charge in [0, 0.05) is 56.0 Å². The fraction of sp³-hybridized carbons (Fsp3) is 0.542. The Bertz CT molecular complexity index is 1000. The smallest absolute Gasteiger partial charge is 0.339 e. The first kappa shape index (κ1) is 22.8. The van der Waals surface area contributed by atoms with E-state index >= 15 is 0 Å². The fourth-order valence-corrected chi connectivity index (χ4v) is 3.96. The average Bonchev–Trinajstić information content (AvgIpc) is 2.76. The van der Waals surface area contributed by atoms with Gasteiger partial charge in [0.25, 0.3) is 0 Å². The fourth-order valence-electron chi connectivity index (χ4n) is 3.96. The van der Waals surface area contributed by atoms with Crippen LogP contribution in [-0.4, -0.2) is 54.9 Å². The molecule has 31 heavy (non-hydrogen) atoms. The summed E-state index contributed by atoms with van der Waals surface area (Å²) in [5.74, 6) is 1.30. The number of piperazine rings is 1. The van der Waals surface area contributed by atoms with Gasteiger partial charge in [-0.05, 0) is 43.4 Å². The van der Waals surface area contributed by atoms with Gasteiger partial charge in [-0.15, -0.1) is 0 Å². The van der Waals surface area contributed by atoms with Gasteiger partial charge in [0.2, 0.25) is 11.8 Å². The van der Waals surface area contributed by atoms with E-state index in [-0.39, 0.29) is 18.2 Å². The van der Waals surface area contributed by atoms with E-state index < -0.39 is 5.63 Å². The van der Waals surface area contributed by atoms with Crippen molar-refractivity contribution in [2.45, 2.75) is 46.5 Å². The molecule has 0 radical (unpaired) electrons. The largest absolute Gasteiger partial charge is 0.497 e. The van der Waals surface area contributed by atoms with Crippen LogP contribution < -0.4 is 10.4 Å². The SMILES string of the molecule is COc1ccc2c(C)c(CCC(=O)N3CCN(C(=O)CCC(C)C)CC3)c(=O)oc2c1. The van der Waals surface area contributed by atoms with E-state index in [4.69, 9.17) is 9.15 Å². The number of benzene rings is 1. The van der Waals surface area contributed by atoms with Crippen molar-refractivity contribution in [2.75, 3.05) is 33.3 Å². The zero-order chi connectivity index (χ0) is 22.5. The van der Waals surface area contributed by atoms with E-state index in [0.717, 1.165) is 17.4 Å². The van der Waals surface area contributed by atoms with Crippen molar-refractivity contribution in [2.24, 2.45) is 5.92 Å². The van der Waals surface area contributed by atoms with Gasteiger partial charge in [-0.25, -0.2) is 4.79 Å². The number of amides is 2. The number of methoxy groups -OCH3 is 1. The molecule has 1 aliphatic rings. The number of rotatable bonds is 7. The molecule has 1 fully saturated rings. The van der Waals surface area contributed by atoms with E-state index in [1.54, 1.807) is 18.1 Å². The lowest BCUT2D eigenvalue weighted by Gasteiger charge is -2.35. The molecule has 0 spiro atoms. The second-order valence-corrected chi connectivity index (χ2v) is 8.55. The Hall–Kier alpha value is -2.83. The van der Waals surface area contributed by atoms with Crippen molar-refractivity contribution < 1.29 is 18.7 Å². The number of nitrogens with zero attached hydrogens (tertiary/aromatic N) is 2. The van der Waals surface area contributed by atoms with Crippen molar-refractivity contribution in [1.29, 1.82) is 0 Å². The molecule has 1 aliphatic heterocycles. The average molecular weight is 429 g/mol. The van der Waals surface area contributed by atoms with Crippen LogP contribution in [0.2, 0.25) is 0 Å². The molecule has 1 aromatic heterocycles. The van der Waals surface area contributed by atoms with E-state index in [9.17, 15) is 14.4 Å². The molecule has 1 saturated heterocycles. The highest BCUT2D eigenvalue weighted by atomic mass is 16.5. The van der Waals surface area contributed by atoms with Crippen molar-refractivity contribution >= 4 is 22.8 Å². The van der Waals surface area contributed by atoms with Crippen LogP contribution >= 0.6 is 0 Å². The Morgan fingerprint density at radius 3 is 2.26 bits per heavy atom. The molecule has 2 aromatic rings. The predicted molar refractivity (Wildman–Crippen MR) is 119 cm³/mol. The van der Waals surface area contributed by atoms with Crippen LogP contribution in [0.4, 0.5) is 0 Å². The van der Waals surface area contributed by atoms with Crippen LogP contribution in [0.5, 0.6) is 5.75 Å². The molecule has 0 aliphatic carbocycles. The molecule has 7 heteroatoms. The van der Waals surface area contributed by atoms with Crippen molar-refractivity contribution in [3.05, 3.63) is 39.7 Å². The third-order valence-electron chi connectivity index (χ3n) is 6.00. The quantitative estimate of drug-likeness (QED) is 0.633. The number of aryl methyl sites for hydroxylation is 1. The highest BCUT2D eigenvalue weighted by molar-refractivity contribution is 5.83. The zero-order valence-electron chi connectivity index (χ0n) is 18.9. The van der Waals surface area contributed by atoms with Crippen LogP contribution in [0, 0.1) is 12.8 Å². The van der Waals surface area contributed by atoms with Gasteiger partial charge < -0.3 is 19.0 Å². The van der Waals surface area contributed by atoms with Crippen molar-refractivity contribution in [3.63, 3.8) is 0 Å². The monoisotopic (exact) mass is 428 g/mol. The van der Waals surface area contributed by atoms with Crippen LogP contribution in [0.3, 0.4) is 0 Å². The molecule has 0 saturated carbocycles. The van der Waals surface area contributed by atoms with Gasteiger partial charge in [0.15, 0.2) is 0 Å². The van der Waals surface area contributed by atoms with Crippen LogP contribution in [0.1, 0.15) is 44.2 Å². The molecule has 7 nitrogen and oxygen atoms in total. The van der Waals surface area contributed by atoms with Gasteiger partial charge in [0.1, 0.15) is 11.3 Å². The first-order valence-electron chi connectivity index (χ1n) is 11.0. The lowest BCUT2D eigenvalue weighted by atomic mass is 10.0. The van der Waals surface area contributed by atoms with Gasteiger partial charge in [-0.2, -0.15) is 0 Å². The Labute approximate surface area is 183 Å². The second kappa shape index (κ2) is 9.98. The second-order valence-electron chi connectivity index (χ2n) is 8.55. The van der Waals surface area contributed by atoms with E-state index in [1.807, 2.05) is 24.0 Å². The maximum absolute atomic E-state index is 12.7. The van der Waals surface area contributed by atoms with Gasteiger partial charge in [-0.3, -0.25) is 9.59 Å². The summed E-state index contributed by atoms with van der Waals surface area (Å²) in [7, 11) is 1.56. The molecule has 0 bridgehead atoms. The highest BCUT2D eigenvalue weighted by Gasteiger charge is 2.24. The maximum Gasteiger partial charge on any atom is 0.339 e. The standard InChI is InChI=1S/C24H32N2O5/c1-16(2)5-9-22(27)25-11-13-26(14-12-25)23(28)10-8-20-17(3)19-7-6-18(30-4)15-21(19)31-24(20)29/h6-7,15-16H,5,8-14H2,1-4H3. The Morgan fingerprint density at radius 1 is 1.06 bits per heavy atom. The van der Waals surface area contributed by atoms with Gasteiger partial charge >= 0.3 is 5.63 Å². The van der Waals surface area contributed by atoms with E-state index in [0.29, 0.717) is 61.8 Å². The first-order chi connectivity index (χ1) is 14.8. The minimum Gasteiger partial charge on any atom is -0.497 e. The molecule has 2 heterocycles. The summed E-state index contributed by atoms with van der Waals surface area (Å²) < 4.78 is 10.7. The van der Waals surface area contributed by atoms with E-state index in [1.165, 1.54) is 0 Å². The molecule has 168 valence electrons. The number of hydrogen-bond acceptors (Lipinski definition) is 5. The third-order valence-corrected chi connectivity index (χ3v) is 6.00. The molecule has 3 rings (SSSR count). The molecule has 0 unspecified atom stereocenters. The molecule has 1 aromatic carbocycles. The summed E-state index contributed by atoms with van der Waals surface area (Å²) in [6.45, 7) is 8.32. The van der Waals surface area contributed by atoms with Crippen LogP contribution in [0.25, 0.3) is 11.0 Å². The number of hydrogen-bond donors (Lipinski definition) is 0. The first-order valence-corrected chi connectivity index (χ1v) is 11.0. The molecule has 0 atom stereocenters. The highest BCUT2D eigenvalue weighted by Crippen LogP contribution is 2.24. The van der Waals surface area contributed by atoms with E-state index in [2.05, 4.69) is 13.8 Å². The van der Waals surface area contributed by atoms with Gasteiger partial charge in [-0.1, -0.05) is 13.8 Å². The molecule has 0 N–H and O–H groups in total. The summed E-state index contributed by atoms with van der Waals surface area (Å²) in [5, 5.41) is 0.844. The molecule has 2 amide bonds. The topological polar surface area (TPSA) is 80.1 Å². The Morgan fingerprint density at radius 2 is 1.68 bits per heavy atom. The number of carbonyl (C=O) groups is 2. The van der Waals surface area contributed by atoms with Crippen molar-refractivity contribution in [1.82, 2.24) is 9.80 Å². The zero-order valence-corrected chi connectivity index (χ0v) is 18.9. The number of carbonyl (C=O) groups excluding carboxylic acids is 2. The Balaban J connectivity index is 1.58. The third kappa shape index (κ3) is 5.46. The van der Waals surface area contributed by atoms with Crippen LogP contribution in [0.15, 0.2) is 27.4 Å². The maximum atomic E-state index is 12.7.